The molecular weight excluding hydrogens is 318 g/mol. The van der Waals surface area contributed by atoms with Gasteiger partial charge in [0.05, 0.1) is 6.42 Å². The van der Waals surface area contributed by atoms with E-state index in [2.05, 4.69) is 10.1 Å². The Morgan fingerprint density at radius 2 is 1.72 bits per heavy atom. The molecule has 2 heterocycles. The zero-order valence-electron chi connectivity index (χ0n) is 14.6. The SMILES string of the molecule is Cc1ccc(CC(=O)N2CCN(C(=O)C(C)n3cncn3)CC2)cc1. The molecule has 1 saturated heterocycles. The second-order valence-corrected chi connectivity index (χ2v) is 6.42. The van der Waals surface area contributed by atoms with Crippen LogP contribution in [0.4, 0.5) is 0 Å². The maximum absolute atomic E-state index is 12.5. The van der Waals surface area contributed by atoms with Crippen LogP contribution in [0.1, 0.15) is 24.1 Å². The first-order valence-electron chi connectivity index (χ1n) is 8.51. The molecule has 2 aromatic rings. The number of carbonyl (C=O) groups is 2. The Balaban J connectivity index is 1.52. The Kier molecular flexibility index (Phi) is 5.11. The van der Waals surface area contributed by atoms with Crippen molar-refractivity contribution in [3.05, 3.63) is 48.0 Å². The number of benzene rings is 1. The maximum atomic E-state index is 12.5. The molecule has 1 unspecified atom stereocenters. The first kappa shape index (κ1) is 17.1. The third kappa shape index (κ3) is 4.04. The number of hydrogen-bond donors (Lipinski definition) is 0. The van der Waals surface area contributed by atoms with Crippen molar-refractivity contribution in [2.75, 3.05) is 26.2 Å². The molecule has 7 nitrogen and oxygen atoms in total. The van der Waals surface area contributed by atoms with Crippen LogP contribution in [0.2, 0.25) is 0 Å². The average molecular weight is 341 g/mol. The number of carbonyl (C=O) groups excluding carboxylic acids is 2. The van der Waals surface area contributed by atoms with Gasteiger partial charge in [-0.3, -0.25) is 9.59 Å². The standard InChI is InChI=1S/C18H23N5O2/c1-14-3-5-16(6-4-14)11-17(24)21-7-9-22(10-8-21)18(25)15(2)23-13-19-12-20-23/h3-6,12-13,15H,7-11H2,1-2H3. The van der Waals surface area contributed by atoms with Crippen molar-refractivity contribution < 1.29 is 9.59 Å². The predicted octanol–water partition coefficient (Wildman–Crippen LogP) is 1.06. The fraction of sp³-hybridized carbons (Fsp3) is 0.444. The molecule has 0 aliphatic carbocycles. The molecule has 0 spiro atoms. The van der Waals surface area contributed by atoms with E-state index in [-0.39, 0.29) is 17.9 Å². The van der Waals surface area contributed by atoms with Crippen LogP contribution >= 0.6 is 0 Å². The second kappa shape index (κ2) is 7.46. The monoisotopic (exact) mass is 341 g/mol. The average Bonchev–Trinajstić information content (AvgIpc) is 3.17. The number of amides is 2. The lowest BCUT2D eigenvalue weighted by atomic mass is 10.1. The molecule has 0 radical (unpaired) electrons. The molecule has 25 heavy (non-hydrogen) atoms. The van der Waals surface area contributed by atoms with Crippen LogP contribution < -0.4 is 0 Å². The van der Waals surface area contributed by atoms with Gasteiger partial charge in [-0.1, -0.05) is 29.8 Å². The largest absolute Gasteiger partial charge is 0.339 e. The zero-order valence-corrected chi connectivity index (χ0v) is 14.6. The molecule has 132 valence electrons. The molecule has 1 aromatic carbocycles. The highest BCUT2D eigenvalue weighted by molar-refractivity contribution is 5.81. The van der Waals surface area contributed by atoms with E-state index in [1.165, 1.54) is 11.9 Å². The van der Waals surface area contributed by atoms with Crippen LogP contribution in [-0.4, -0.2) is 62.6 Å². The molecule has 1 fully saturated rings. The quantitative estimate of drug-likeness (QED) is 0.834. The van der Waals surface area contributed by atoms with E-state index < -0.39 is 0 Å². The summed E-state index contributed by atoms with van der Waals surface area (Å²) in [5.41, 5.74) is 2.21. The Morgan fingerprint density at radius 3 is 2.32 bits per heavy atom. The molecule has 0 saturated carbocycles. The van der Waals surface area contributed by atoms with Gasteiger partial charge in [-0.15, -0.1) is 0 Å². The topological polar surface area (TPSA) is 71.3 Å². The molecule has 1 aliphatic heterocycles. The fourth-order valence-electron chi connectivity index (χ4n) is 2.96. The van der Waals surface area contributed by atoms with Crippen LogP contribution in [0.15, 0.2) is 36.9 Å². The summed E-state index contributed by atoms with van der Waals surface area (Å²) < 4.78 is 1.55. The number of aromatic nitrogens is 3. The minimum absolute atomic E-state index is 0.0103. The van der Waals surface area contributed by atoms with Gasteiger partial charge in [-0.25, -0.2) is 9.67 Å². The van der Waals surface area contributed by atoms with E-state index in [4.69, 9.17) is 0 Å². The van der Waals surface area contributed by atoms with E-state index in [0.29, 0.717) is 32.6 Å². The smallest absolute Gasteiger partial charge is 0.247 e. The van der Waals surface area contributed by atoms with Gasteiger partial charge in [0.1, 0.15) is 18.7 Å². The molecule has 2 amide bonds. The van der Waals surface area contributed by atoms with Gasteiger partial charge in [0.25, 0.3) is 0 Å². The van der Waals surface area contributed by atoms with Crippen molar-refractivity contribution in [3.8, 4) is 0 Å². The Morgan fingerprint density at radius 1 is 1.08 bits per heavy atom. The van der Waals surface area contributed by atoms with E-state index in [1.54, 1.807) is 15.9 Å². The molecule has 0 bridgehead atoms. The van der Waals surface area contributed by atoms with Gasteiger partial charge in [-0.05, 0) is 19.4 Å². The van der Waals surface area contributed by atoms with Crippen molar-refractivity contribution in [1.29, 1.82) is 0 Å². The van der Waals surface area contributed by atoms with E-state index >= 15 is 0 Å². The molecule has 3 rings (SSSR count). The molecule has 1 atom stereocenters. The molecule has 0 N–H and O–H groups in total. The number of piperazine rings is 1. The van der Waals surface area contributed by atoms with Crippen molar-refractivity contribution in [2.24, 2.45) is 0 Å². The number of nitrogens with zero attached hydrogens (tertiary/aromatic N) is 5. The summed E-state index contributed by atoms with van der Waals surface area (Å²) in [5.74, 6) is 0.122. The van der Waals surface area contributed by atoms with Crippen LogP contribution in [0.3, 0.4) is 0 Å². The highest BCUT2D eigenvalue weighted by Gasteiger charge is 2.27. The van der Waals surface area contributed by atoms with Gasteiger partial charge in [-0.2, -0.15) is 5.10 Å². The third-order valence-electron chi connectivity index (χ3n) is 4.61. The first-order chi connectivity index (χ1) is 12.0. The fourth-order valence-corrected chi connectivity index (χ4v) is 2.96. The van der Waals surface area contributed by atoms with Crippen molar-refractivity contribution in [1.82, 2.24) is 24.6 Å². The Labute approximate surface area is 147 Å². The van der Waals surface area contributed by atoms with Crippen molar-refractivity contribution in [2.45, 2.75) is 26.3 Å². The van der Waals surface area contributed by atoms with Gasteiger partial charge < -0.3 is 9.80 Å². The lowest BCUT2D eigenvalue weighted by Gasteiger charge is -2.36. The van der Waals surface area contributed by atoms with E-state index in [1.807, 2.05) is 43.0 Å². The highest BCUT2D eigenvalue weighted by atomic mass is 16.2. The van der Waals surface area contributed by atoms with E-state index in [9.17, 15) is 9.59 Å². The Bertz CT molecular complexity index is 718. The summed E-state index contributed by atoms with van der Waals surface area (Å²) >= 11 is 0. The summed E-state index contributed by atoms with van der Waals surface area (Å²) in [4.78, 5) is 32.5. The number of rotatable bonds is 4. The van der Waals surface area contributed by atoms with Crippen LogP contribution in [0.25, 0.3) is 0 Å². The number of hydrogen-bond acceptors (Lipinski definition) is 4. The van der Waals surface area contributed by atoms with E-state index in [0.717, 1.165) is 5.56 Å². The van der Waals surface area contributed by atoms with Gasteiger partial charge in [0.2, 0.25) is 11.8 Å². The van der Waals surface area contributed by atoms with Crippen molar-refractivity contribution in [3.63, 3.8) is 0 Å². The van der Waals surface area contributed by atoms with Crippen molar-refractivity contribution >= 4 is 11.8 Å². The molecular formula is C18H23N5O2. The van der Waals surface area contributed by atoms with Gasteiger partial charge in [0.15, 0.2) is 0 Å². The summed E-state index contributed by atoms with van der Waals surface area (Å²) in [6, 6.07) is 7.65. The van der Waals surface area contributed by atoms with Crippen LogP contribution in [0, 0.1) is 6.92 Å². The second-order valence-electron chi connectivity index (χ2n) is 6.42. The van der Waals surface area contributed by atoms with Crippen LogP contribution in [0.5, 0.6) is 0 Å². The summed E-state index contributed by atoms with van der Waals surface area (Å²) in [7, 11) is 0. The summed E-state index contributed by atoms with van der Waals surface area (Å²) in [5, 5.41) is 4.02. The Hall–Kier alpha value is -2.70. The normalized spacial score (nSPS) is 15.9. The van der Waals surface area contributed by atoms with Gasteiger partial charge >= 0.3 is 0 Å². The minimum Gasteiger partial charge on any atom is -0.339 e. The minimum atomic E-state index is -0.377. The summed E-state index contributed by atoms with van der Waals surface area (Å²) in [6.07, 6.45) is 3.37. The zero-order chi connectivity index (χ0) is 17.8. The van der Waals surface area contributed by atoms with Gasteiger partial charge in [0, 0.05) is 26.2 Å². The lowest BCUT2D eigenvalue weighted by Crippen LogP contribution is -2.52. The van der Waals surface area contributed by atoms with Crippen LogP contribution in [-0.2, 0) is 16.0 Å². The predicted molar refractivity (Wildman–Crippen MR) is 92.8 cm³/mol. The number of aryl methyl sites for hydroxylation is 1. The molecule has 7 heteroatoms. The first-order valence-corrected chi connectivity index (χ1v) is 8.51. The molecule has 1 aliphatic rings. The maximum Gasteiger partial charge on any atom is 0.247 e. The molecule has 1 aromatic heterocycles. The lowest BCUT2D eigenvalue weighted by molar-refractivity contribution is -0.141. The third-order valence-corrected chi connectivity index (χ3v) is 4.61. The highest BCUT2D eigenvalue weighted by Crippen LogP contribution is 2.12. The summed E-state index contributed by atoms with van der Waals surface area (Å²) in [6.45, 7) is 6.09.